The Labute approximate surface area is 121 Å². The lowest BCUT2D eigenvalue weighted by molar-refractivity contribution is -0.125. The van der Waals surface area contributed by atoms with Crippen LogP contribution in [0.3, 0.4) is 0 Å². The molecule has 20 heavy (non-hydrogen) atoms. The molecule has 5 heteroatoms. The van der Waals surface area contributed by atoms with Gasteiger partial charge in [-0.25, -0.2) is 0 Å². The fourth-order valence-electron chi connectivity index (χ4n) is 3.19. The smallest absolute Gasteiger partial charge is 0.222 e. The second kappa shape index (κ2) is 7.96. The van der Waals surface area contributed by atoms with Crippen molar-refractivity contribution >= 4 is 5.91 Å². The highest BCUT2D eigenvalue weighted by molar-refractivity contribution is 5.76. The summed E-state index contributed by atoms with van der Waals surface area (Å²) in [4.78, 5) is 12.0. The molecule has 0 atom stereocenters. The number of piperidine rings is 1. The molecule has 2 rings (SSSR count). The van der Waals surface area contributed by atoms with Crippen molar-refractivity contribution in [3.8, 4) is 0 Å². The summed E-state index contributed by atoms with van der Waals surface area (Å²) in [5, 5.41) is 15.9. The van der Waals surface area contributed by atoms with Gasteiger partial charge in [0.1, 0.15) is 0 Å². The van der Waals surface area contributed by atoms with Crippen LogP contribution in [0.4, 0.5) is 0 Å². The van der Waals surface area contributed by atoms with E-state index in [1.807, 2.05) is 0 Å². The van der Waals surface area contributed by atoms with Crippen LogP contribution in [0, 0.1) is 0 Å². The number of aliphatic hydroxyl groups is 1. The third kappa shape index (κ3) is 4.72. The topological polar surface area (TPSA) is 70.6 Å². The predicted octanol–water partition coefficient (Wildman–Crippen LogP) is 0.957. The number of ether oxygens (including phenoxy) is 1. The molecule has 0 aromatic rings. The van der Waals surface area contributed by atoms with Gasteiger partial charge >= 0.3 is 0 Å². The Kier molecular flexibility index (Phi) is 6.26. The third-order valence-electron chi connectivity index (χ3n) is 4.49. The van der Waals surface area contributed by atoms with Gasteiger partial charge in [-0.15, -0.1) is 0 Å². The van der Waals surface area contributed by atoms with Crippen molar-refractivity contribution in [3.05, 3.63) is 0 Å². The van der Waals surface area contributed by atoms with Crippen molar-refractivity contribution < 1.29 is 14.6 Å². The molecule has 1 saturated carbocycles. The monoisotopic (exact) mass is 284 g/mol. The average Bonchev–Trinajstić information content (AvgIpc) is 2.49. The Bertz CT molecular complexity index is 297. The van der Waals surface area contributed by atoms with Crippen molar-refractivity contribution in [3.63, 3.8) is 0 Å². The Hall–Kier alpha value is -0.650. The average molecular weight is 284 g/mol. The highest BCUT2D eigenvalue weighted by Crippen LogP contribution is 2.27. The molecule has 1 amide bonds. The van der Waals surface area contributed by atoms with Crippen molar-refractivity contribution in [1.29, 1.82) is 0 Å². The van der Waals surface area contributed by atoms with Crippen LogP contribution in [0.25, 0.3) is 0 Å². The molecule has 0 aromatic carbocycles. The molecule has 0 unspecified atom stereocenters. The number of hydrogen-bond acceptors (Lipinski definition) is 4. The fourth-order valence-corrected chi connectivity index (χ4v) is 3.19. The van der Waals surface area contributed by atoms with Gasteiger partial charge in [0.2, 0.25) is 5.91 Å². The third-order valence-corrected chi connectivity index (χ3v) is 4.49. The van der Waals surface area contributed by atoms with Gasteiger partial charge < -0.3 is 20.5 Å². The maximum absolute atomic E-state index is 12.0. The van der Waals surface area contributed by atoms with Crippen LogP contribution in [0.15, 0.2) is 0 Å². The molecule has 5 nitrogen and oxygen atoms in total. The Morgan fingerprint density at radius 1 is 1.25 bits per heavy atom. The minimum Gasteiger partial charge on any atom is -0.394 e. The molecule has 3 N–H and O–H groups in total. The van der Waals surface area contributed by atoms with E-state index >= 15 is 0 Å². The number of rotatable bonds is 6. The molecule has 1 saturated heterocycles. The van der Waals surface area contributed by atoms with E-state index < -0.39 is 0 Å². The van der Waals surface area contributed by atoms with E-state index in [4.69, 9.17) is 4.74 Å². The highest BCUT2D eigenvalue weighted by atomic mass is 16.5. The molecular weight excluding hydrogens is 256 g/mol. The molecule has 0 bridgehead atoms. The first-order valence-electron chi connectivity index (χ1n) is 7.98. The molecule has 1 heterocycles. The van der Waals surface area contributed by atoms with Crippen molar-refractivity contribution in [2.45, 2.75) is 63.0 Å². The summed E-state index contributed by atoms with van der Waals surface area (Å²) < 4.78 is 5.75. The molecule has 2 fully saturated rings. The van der Waals surface area contributed by atoms with Crippen LogP contribution in [-0.4, -0.2) is 49.0 Å². The van der Waals surface area contributed by atoms with Crippen molar-refractivity contribution in [1.82, 2.24) is 10.6 Å². The van der Waals surface area contributed by atoms with Crippen LogP contribution >= 0.6 is 0 Å². The van der Waals surface area contributed by atoms with E-state index in [0.717, 1.165) is 51.6 Å². The molecule has 0 radical (unpaired) electrons. The zero-order chi connectivity index (χ0) is 14.3. The second-order valence-corrected chi connectivity index (χ2v) is 6.12. The SMILES string of the molecule is O=C(CCOC1CCNCC1)NC1(CO)CCCCC1. The van der Waals surface area contributed by atoms with E-state index in [1.54, 1.807) is 0 Å². The van der Waals surface area contributed by atoms with Gasteiger partial charge in [-0.1, -0.05) is 19.3 Å². The second-order valence-electron chi connectivity index (χ2n) is 6.12. The standard InChI is InChI=1S/C15H28N2O3/c18-12-15(7-2-1-3-8-15)17-14(19)6-11-20-13-4-9-16-10-5-13/h13,16,18H,1-12H2,(H,17,19). The lowest BCUT2D eigenvalue weighted by atomic mass is 9.82. The lowest BCUT2D eigenvalue weighted by Crippen LogP contribution is -2.52. The van der Waals surface area contributed by atoms with E-state index in [0.29, 0.717) is 19.1 Å². The van der Waals surface area contributed by atoms with Crippen LogP contribution in [-0.2, 0) is 9.53 Å². The first-order chi connectivity index (χ1) is 9.74. The van der Waals surface area contributed by atoms with Crippen LogP contribution in [0.2, 0.25) is 0 Å². The summed E-state index contributed by atoms with van der Waals surface area (Å²) >= 11 is 0. The van der Waals surface area contributed by atoms with Gasteiger partial charge in [-0.2, -0.15) is 0 Å². The highest BCUT2D eigenvalue weighted by Gasteiger charge is 2.32. The quantitative estimate of drug-likeness (QED) is 0.679. The first kappa shape index (κ1) is 15.7. The van der Waals surface area contributed by atoms with E-state index in [2.05, 4.69) is 10.6 Å². The summed E-state index contributed by atoms with van der Waals surface area (Å²) in [7, 11) is 0. The molecule has 2 aliphatic rings. The molecule has 1 aliphatic carbocycles. The lowest BCUT2D eigenvalue weighted by Gasteiger charge is -2.36. The summed E-state index contributed by atoms with van der Waals surface area (Å²) in [5.41, 5.74) is -0.371. The largest absolute Gasteiger partial charge is 0.394 e. The van der Waals surface area contributed by atoms with Crippen LogP contribution in [0.5, 0.6) is 0 Å². The normalized spacial score (nSPS) is 23.4. The van der Waals surface area contributed by atoms with E-state index in [9.17, 15) is 9.90 Å². The number of carbonyl (C=O) groups excluding carboxylic acids is 1. The number of carbonyl (C=O) groups is 1. The van der Waals surface area contributed by atoms with Crippen LogP contribution in [0.1, 0.15) is 51.4 Å². The van der Waals surface area contributed by atoms with Gasteiger partial charge in [0, 0.05) is 6.42 Å². The molecule has 116 valence electrons. The molecular formula is C15H28N2O3. The van der Waals surface area contributed by atoms with E-state index in [1.165, 1.54) is 6.42 Å². The number of amides is 1. The summed E-state index contributed by atoms with van der Waals surface area (Å²) in [6.45, 7) is 2.54. The van der Waals surface area contributed by atoms with Gasteiger partial charge in [-0.3, -0.25) is 4.79 Å². The zero-order valence-electron chi connectivity index (χ0n) is 12.3. The molecule has 0 spiro atoms. The first-order valence-corrected chi connectivity index (χ1v) is 7.98. The summed E-state index contributed by atoms with van der Waals surface area (Å²) in [6, 6.07) is 0. The predicted molar refractivity (Wildman–Crippen MR) is 77.5 cm³/mol. The van der Waals surface area contributed by atoms with Gasteiger partial charge in [0.15, 0.2) is 0 Å². The maximum Gasteiger partial charge on any atom is 0.222 e. The Balaban J connectivity index is 1.66. The number of nitrogens with one attached hydrogen (secondary N) is 2. The van der Waals surface area contributed by atoms with Gasteiger partial charge in [-0.05, 0) is 38.8 Å². The van der Waals surface area contributed by atoms with Crippen molar-refractivity contribution in [2.75, 3.05) is 26.3 Å². The molecule has 1 aliphatic heterocycles. The van der Waals surface area contributed by atoms with E-state index in [-0.39, 0.29) is 18.1 Å². The van der Waals surface area contributed by atoms with Gasteiger partial charge in [0.25, 0.3) is 0 Å². The zero-order valence-corrected chi connectivity index (χ0v) is 12.3. The summed E-state index contributed by atoms with van der Waals surface area (Å²) in [5.74, 6) is 0.00915. The van der Waals surface area contributed by atoms with Gasteiger partial charge in [0.05, 0.1) is 24.9 Å². The number of aliphatic hydroxyl groups excluding tert-OH is 1. The minimum absolute atomic E-state index is 0.00915. The van der Waals surface area contributed by atoms with Crippen molar-refractivity contribution in [2.24, 2.45) is 0 Å². The maximum atomic E-state index is 12.0. The fraction of sp³-hybridized carbons (Fsp3) is 0.933. The Morgan fingerprint density at radius 3 is 2.60 bits per heavy atom. The number of hydrogen-bond donors (Lipinski definition) is 3. The minimum atomic E-state index is -0.371. The summed E-state index contributed by atoms with van der Waals surface area (Å²) in [6.07, 6.45) is 7.92. The Morgan fingerprint density at radius 2 is 1.95 bits per heavy atom. The van der Waals surface area contributed by atoms with Crippen LogP contribution < -0.4 is 10.6 Å². The molecule has 0 aromatic heterocycles.